The Kier molecular flexibility index (Phi) is 6.24. The summed E-state index contributed by atoms with van der Waals surface area (Å²) in [6, 6.07) is 2.84. The molecular weight excluding hydrogens is 308 g/mol. The minimum atomic E-state index is -0.567. The van der Waals surface area contributed by atoms with Crippen molar-refractivity contribution in [2.45, 2.75) is 46.3 Å². The van der Waals surface area contributed by atoms with Crippen LogP contribution in [0.3, 0.4) is 0 Å². The van der Waals surface area contributed by atoms with Crippen LogP contribution in [0.1, 0.15) is 49.2 Å². The SMILES string of the molecule is COC(=O)c1cc(N)c(C#CC(C)NC(=O)OC(C)(C)C)cc1C. The number of amides is 1. The summed E-state index contributed by atoms with van der Waals surface area (Å²) >= 11 is 0. The molecule has 0 aromatic heterocycles. The van der Waals surface area contributed by atoms with E-state index in [0.29, 0.717) is 22.4 Å². The molecule has 1 rings (SSSR count). The van der Waals surface area contributed by atoms with Gasteiger partial charge in [0.2, 0.25) is 0 Å². The summed E-state index contributed by atoms with van der Waals surface area (Å²) in [6.45, 7) is 8.88. The maximum absolute atomic E-state index is 11.7. The lowest BCUT2D eigenvalue weighted by molar-refractivity contribution is 0.0518. The lowest BCUT2D eigenvalue weighted by Gasteiger charge is -2.20. The van der Waals surface area contributed by atoms with Gasteiger partial charge in [-0.25, -0.2) is 9.59 Å². The second-order valence-electron chi connectivity index (χ2n) is 6.38. The number of rotatable bonds is 2. The number of alkyl carbamates (subject to hydrolysis) is 1. The second kappa shape index (κ2) is 7.73. The van der Waals surface area contributed by atoms with E-state index in [-0.39, 0.29) is 0 Å². The van der Waals surface area contributed by atoms with Crippen molar-refractivity contribution in [3.05, 3.63) is 28.8 Å². The summed E-state index contributed by atoms with van der Waals surface area (Å²) in [6.07, 6.45) is -0.533. The van der Waals surface area contributed by atoms with Crippen molar-refractivity contribution in [2.24, 2.45) is 0 Å². The monoisotopic (exact) mass is 332 g/mol. The van der Waals surface area contributed by atoms with Gasteiger partial charge in [-0.1, -0.05) is 11.8 Å². The highest BCUT2D eigenvalue weighted by molar-refractivity contribution is 5.92. The largest absolute Gasteiger partial charge is 0.465 e. The van der Waals surface area contributed by atoms with Crippen molar-refractivity contribution in [3.63, 3.8) is 0 Å². The van der Waals surface area contributed by atoms with Gasteiger partial charge in [0.15, 0.2) is 0 Å². The average Bonchev–Trinajstić information content (AvgIpc) is 2.44. The smallest absolute Gasteiger partial charge is 0.408 e. The normalized spacial score (nSPS) is 11.8. The predicted molar refractivity (Wildman–Crippen MR) is 92.6 cm³/mol. The molecule has 1 unspecified atom stereocenters. The number of hydrogen-bond donors (Lipinski definition) is 2. The topological polar surface area (TPSA) is 90.6 Å². The highest BCUT2D eigenvalue weighted by Gasteiger charge is 2.17. The van der Waals surface area contributed by atoms with Crippen molar-refractivity contribution in [2.75, 3.05) is 12.8 Å². The van der Waals surface area contributed by atoms with Crippen molar-refractivity contribution in [1.29, 1.82) is 0 Å². The molecule has 6 nitrogen and oxygen atoms in total. The molecule has 130 valence electrons. The fourth-order valence-corrected chi connectivity index (χ4v) is 1.87. The first kappa shape index (κ1) is 19.4. The van der Waals surface area contributed by atoms with Gasteiger partial charge in [-0.3, -0.25) is 0 Å². The van der Waals surface area contributed by atoms with Crippen LogP contribution in [0.2, 0.25) is 0 Å². The van der Waals surface area contributed by atoms with Gasteiger partial charge in [0.25, 0.3) is 0 Å². The first-order valence-electron chi connectivity index (χ1n) is 7.53. The lowest BCUT2D eigenvalue weighted by atomic mass is 10.0. The molecule has 0 saturated carbocycles. The predicted octanol–water partition coefficient (Wildman–Crippen LogP) is 2.63. The van der Waals surface area contributed by atoms with Crippen LogP contribution in [0.5, 0.6) is 0 Å². The maximum atomic E-state index is 11.7. The van der Waals surface area contributed by atoms with Crippen LogP contribution in [0, 0.1) is 18.8 Å². The number of carbonyl (C=O) groups excluding carboxylic acids is 2. The standard InChI is InChI=1S/C18H24N2O4/c1-11-9-13(15(19)10-14(11)16(21)23-6)8-7-12(2)20-17(22)24-18(3,4)5/h9-10,12H,19H2,1-6H3,(H,20,22). The van der Waals surface area contributed by atoms with Gasteiger partial charge in [0.05, 0.1) is 18.7 Å². The Labute approximate surface area is 142 Å². The number of carbonyl (C=O) groups is 2. The zero-order valence-electron chi connectivity index (χ0n) is 14.9. The van der Waals surface area contributed by atoms with E-state index >= 15 is 0 Å². The molecule has 0 fully saturated rings. The van der Waals surface area contributed by atoms with Crippen LogP contribution < -0.4 is 11.1 Å². The summed E-state index contributed by atoms with van der Waals surface area (Å²) in [5.74, 6) is 5.35. The Bertz CT molecular complexity index is 693. The Hall–Kier alpha value is -2.68. The number of nitrogens with two attached hydrogens (primary N) is 1. The third-order valence-corrected chi connectivity index (χ3v) is 2.96. The molecule has 1 aromatic carbocycles. The molecule has 1 amide bonds. The Morgan fingerprint density at radius 3 is 2.46 bits per heavy atom. The summed E-state index contributed by atoms with van der Waals surface area (Å²) < 4.78 is 9.87. The molecule has 0 saturated heterocycles. The third-order valence-electron chi connectivity index (χ3n) is 2.96. The second-order valence-corrected chi connectivity index (χ2v) is 6.38. The Morgan fingerprint density at radius 1 is 1.29 bits per heavy atom. The number of ether oxygens (including phenoxy) is 2. The van der Waals surface area contributed by atoms with Gasteiger partial charge in [0, 0.05) is 11.3 Å². The van der Waals surface area contributed by atoms with E-state index in [1.807, 2.05) is 0 Å². The summed E-state index contributed by atoms with van der Waals surface area (Å²) in [5.41, 5.74) is 7.44. The van der Waals surface area contributed by atoms with E-state index in [9.17, 15) is 9.59 Å². The highest BCUT2D eigenvalue weighted by atomic mass is 16.6. The number of nitrogen functional groups attached to an aromatic ring is 1. The van der Waals surface area contributed by atoms with Gasteiger partial charge in [-0.05, 0) is 52.3 Å². The number of esters is 1. The molecule has 1 atom stereocenters. The first-order chi connectivity index (χ1) is 11.0. The zero-order valence-corrected chi connectivity index (χ0v) is 14.9. The molecule has 24 heavy (non-hydrogen) atoms. The van der Waals surface area contributed by atoms with E-state index in [2.05, 4.69) is 17.2 Å². The number of anilines is 1. The summed E-state index contributed by atoms with van der Waals surface area (Å²) in [5, 5.41) is 2.63. The van der Waals surface area contributed by atoms with E-state index in [1.54, 1.807) is 40.7 Å². The first-order valence-corrected chi connectivity index (χ1v) is 7.53. The number of aryl methyl sites for hydroxylation is 1. The van der Waals surface area contributed by atoms with Gasteiger partial charge in [0.1, 0.15) is 5.60 Å². The molecule has 0 radical (unpaired) electrons. The number of benzene rings is 1. The molecule has 0 aliphatic heterocycles. The van der Waals surface area contributed by atoms with E-state index in [4.69, 9.17) is 15.2 Å². The van der Waals surface area contributed by atoms with Crippen molar-refractivity contribution >= 4 is 17.7 Å². The molecule has 3 N–H and O–H groups in total. The van der Waals surface area contributed by atoms with E-state index < -0.39 is 23.7 Å². The zero-order chi connectivity index (χ0) is 18.5. The van der Waals surface area contributed by atoms with Crippen molar-refractivity contribution < 1.29 is 19.1 Å². The summed E-state index contributed by atoms with van der Waals surface area (Å²) in [4.78, 5) is 23.3. The highest BCUT2D eigenvalue weighted by Crippen LogP contribution is 2.18. The maximum Gasteiger partial charge on any atom is 0.408 e. The van der Waals surface area contributed by atoms with E-state index in [0.717, 1.165) is 0 Å². The van der Waals surface area contributed by atoms with Crippen LogP contribution >= 0.6 is 0 Å². The van der Waals surface area contributed by atoms with Crippen LogP contribution in [0.15, 0.2) is 12.1 Å². The quantitative estimate of drug-likeness (QED) is 0.493. The molecule has 6 heteroatoms. The van der Waals surface area contributed by atoms with Gasteiger partial charge in [-0.15, -0.1) is 0 Å². The Balaban J connectivity index is 2.87. The minimum Gasteiger partial charge on any atom is -0.465 e. The van der Waals surface area contributed by atoms with Crippen molar-refractivity contribution in [3.8, 4) is 11.8 Å². The lowest BCUT2D eigenvalue weighted by Crippen LogP contribution is -2.37. The van der Waals surface area contributed by atoms with E-state index in [1.165, 1.54) is 13.2 Å². The van der Waals surface area contributed by atoms with Crippen LogP contribution in [0.4, 0.5) is 10.5 Å². The average molecular weight is 332 g/mol. The minimum absolute atomic E-state index is 0.373. The van der Waals surface area contributed by atoms with Crippen LogP contribution in [-0.2, 0) is 9.47 Å². The molecule has 0 aliphatic rings. The Morgan fingerprint density at radius 2 is 1.92 bits per heavy atom. The van der Waals surface area contributed by atoms with Crippen molar-refractivity contribution in [1.82, 2.24) is 5.32 Å². The number of nitrogens with one attached hydrogen (secondary N) is 1. The molecular formula is C18H24N2O4. The van der Waals surface area contributed by atoms with Crippen LogP contribution in [0.25, 0.3) is 0 Å². The van der Waals surface area contributed by atoms with Gasteiger partial charge < -0.3 is 20.5 Å². The van der Waals surface area contributed by atoms with Gasteiger partial charge in [-0.2, -0.15) is 0 Å². The molecule has 0 aliphatic carbocycles. The number of methoxy groups -OCH3 is 1. The van der Waals surface area contributed by atoms with Gasteiger partial charge >= 0.3 is 12.1 Å². The number of hydrogen-bond acceptors (Lipinski definition) is 5. The molecule has 0 spiro atoms. The fourth-order valence-electron chi connectivity index (χ4n) is 1.87. The van der Waals surface area contributed by atoms with Crippen LogP contribution in [-0.4, -0.2) is 30.8 Å². The third kappa shape index (κ3) is 5.84. The molecule has 1 aromatic rings. The summed E-state index contributed by atoms with van der Waals surface area (Å²) in [7, 11) is 1.32. The molecule has 0 heterocycles. The molecule has 0 bridgehead atoms. The fraction of sp³-hybridized carbons (Fsp3) is 0.444.